The van der Waals surface area contributed by atoms with Crippen LogP contribution in [0, 0.1) is 0 Å². The molecule has 1 aromatic heterocycles. The molecule has 2 heterocycles. The summed E-state index contributed by atoms with van der Waals surface area (Å²) >= 11 is 0. The second kappa shape index (κ2) is 18.6. The molecule has 0 amide bonds. The van der Waals surface area contributed by atoms with Crippen molar-refractivity contribution in [1.29, 1.82) is 0 Å². The van der Waals surface area contributed by atoms with Gasteiger partial charge in [0, 0.05) is 38.2 Å². The molecule has 0 radical (unpaired) electrons. The molecule has 2 aromatic carbocycles. The predicted molar refractivity (Wildman–Crippen MR) is 173 cm³/mol. The van der Waals surface area contributed by atoms with Crippen molar-refractivity contribution in [3.8, 4) is 0 Å². The first-order chi connectivity index (χ1) is 21.2. The highest BCUT2D eigenvalue weighted by molar-refractivity contribution is 5.79. The third kappa shape index (κ3) is 9.89. The zero-order valence-electron chi connectivity index (χ0n) is 26.9. The first-order valence-electron chi connectivity index (χ1n) is 16.8. The molecule has 5 atom stereocenters. The van der Waals surface area contributed by atoms with Gasteiger partial charge < -0.3 is 28.1 Å². The number of furan rings is 1. The Kier molecular flexibility index (Phi) is 14.5. The first kappa shape index (κ1) is 33.7. The third-order valence-corrected chi connectivity index (χ3v) is 8.12. The Morgan fingerprint density at radius 3 is 1.95 bits per heavy atom. The van der Waals surface area contributed by atoms with Gasteiger partial charge >= 0.3 is 0 Å². The maximum Gasteiger partial charge on any atom is 0.134 e. The molecule has 1 saturated heterocycles. The van der Waals surface area contributed by atoms with Gasteiger partial charge in [0.2, 0.25) is 0 Å². The smallest absolute Gasteiger partial charge is 0.134 e. The van der Waals surface area contributed by atoms with Crippen LogP contribution in [0.5, 0.6) is 0 Å². The third-order valence-electron chi connectivity index (χ3n) is 8.12. The van der Waals surface area contributed by atoms with E-state index in [-0.39, 0.29) is 30.5 Å². The first-order valence-corrected chi connectivity index (χ1v) is 16.8. The summed E-state index contributed by atoms with van der Waals surface area (Å²) in [7, 11) is 0. The molecule has 6 heteroatoms. The molecule has 0 bridgehead atoms. The molecule has 1 fully saturated rings. The molecule has 1 aliphatic heterocycles. The van der Waals surface area contributed by atoms with Gasteiger partial charge in [0.05, 0.1) is 6.61 Å². The van der Waals surface area contributed by atoms with Crippen LogP contribution in [-0.2, 0) is 30.1 Å². The Bertz CT molecular complexity index is 1160. The van der Waals surface area contributed by atoms with Gasteiger partial charge in [-0.1, -0.05) is 89.8 Å². The van der Waals surface area contributed by atoms with Gasteiger partial charge in [-0.25, -0.2) is 0 Å². The molecule has 1 aliphatic rings. The summed E-state index contributed by atoms with van der Waals surface area (Å²) in [5.74, 6) is 0.950. The molecule has 4 rings (SSSR count). The minimum atomic E-state index is -0.314. The lowest BCUT2D eigenvalue weighted by atomic mass is 9.90. The summed E-state index contributed by atoms with van der Waals surface area (Å²) in [5, 5.41) is 1.07. The largest absolute Gasteiger partial charge is 0.461 e. The Morgan fingerprint density at radius 1 is 0.651 bits per heavy atom. The van der Waals surface area contributed by atoms with Crippen molar-refractivity contribution in [1.82, 2.24) is 0 Å². The van der Waals surface area contributed by atoms with E-state index in [0.717, 1.165) is 80.1 Å². The fourth-order valence-electron chi connectivity index (χ4n) is 5.61. The highest BCUT2D eigenvalue weighted by Gasteiger charge is 2.48. The van der Waals surface area contributed by atoms with E-state index < -0.39 is 0 Å². The van der Waals surface area contributed by atoms with Crippen molar-refractivity contribution in [3.05, 3.63) is 71.5 Å². The number of rotatable bonds is 20. The van der Waals surface area contributed by atoms with E-state index in [1.165, 1.54) is 5.56 Å². The zero-order valence-corrected chi connectivity index (χ0v) is 26.9. The normalized spacial score (nSPS) is 22.4. The molecule has 0 saturated carbocycles. The van der Waals surface area contributed by atoms with Crippen molar-refractivity contribution in [2.45, 2.75) is 116 Å². The molecule has 0 N–H and O–H groups in total. The van der Waals surface area contributed by atoms with Crippen LogP contribution in [0.25, 0.3) is 11.0 Å². The van der Waals surface area contributed by atoms with Crippen LogP contribution in [0.1, 0.15) is 102 Å². The van der Waals surface area contributed by atoms with Gasteiger partial charge in [0.15, 0.2) is 0 Å². The molecule has 3 aromatic rings. The van der Waals surface area contributed by atoms with Crippen molar-refractivity contribution in [3.63, 3.8) is 0 Å². The Balaban J connectivity index is 1.65. The Hall–Kier alpha value is -2.22. The molecular weight excluding hydrogens is 540 g/mol. The van der Waals surface area contributed by atoms with Gasteiger partial charge in [-0.05, 0) is 55.0 Å². The number of fused-ring (bicyclic) bond motifs is 1. The van der Waals surface area contributed by atoms with E-state index in [1.807, 2.05) is 6.07 Å². The van der Waals surface area contributed by atoms with E-state index in [0.29, 0.717) is 33.0 Å². The molecule has 43 heavy (non-hydrogen) atoms. The fraction of sp³-hybridized carbons (Fsp3) is 0.622. The summed E-state index contributed by atoms with van der Waals surface area (Å²) < 4.78 is 39.2. The van der Waals surface area contributed by atoms with Crippen LogP contribution in [0.15, 0.2) is 59.0 Å². The topological polar surface area (TPSA) is 59.3 Å². The highest BCUT2D eigenvalue weighted by atomic mass is 16.6. The average molecular weight is 595 g/mol. The lowest BCUT2D eigenvalue weighted by Crippen LogP contribution is -2.58. The number of hydrogen-bond acceptors (Lipinski definition) is 6. The second-order valence-electron chi connectivity index (χ2n) is 11.8. The number of hydrogen-bond donors (Lipinski definition) is 0. The standard InChI is InChI=1S/C37H54O6/c1-5-9-20-38-27-33-35(39-21-10-6-2)37(41-23-12-8-4)36(40-22-11-7-3)34(43-33)29-18-19-32-30(25-29)26-31(42-32)24-28-16-14-13-15-17-28/h13-19,25-26,33-37H,5-12,20-24,27H2,1-4H3/t33-,34+,35-,36+,37+/m1/s1. The summed E-state index contributed by atoms with van der Waals surface area (Å²) in [6, 6.07) is 19.0. The SMILES string of the molecule is CCCCOC[C@H]1O[C@@H](c2ccc3oc(Cc4ccccc4)cc3c2)[C@H](OCCCC)[C@@H](OCCCC)[C@@H]1OCCCC. The van der Waals surface area contributed by atoms with Crippen molar-refractivity contribution in [2.24, 2.45) is 0 Å². The van der Waals surface area contributed by atoms with Crippen LogP contribution < -0.4 is 0 Å². The van der Waals surface area contributed by atoms with Crippen molar-refractivity contribution >= 4 is 11.0 Å². The highest BCUT2D eigenvalue weighted by Crippen LogP contribution is 2.39. The lowest BCUT2D eigenvalue weighted by Gasteiger charge is -2.46. The molecular formula is C37H54O6. The van der Waals surface area contributed by atoms with E-state index in [2.05, 4.69) is 76.2 Å². The quantitative estimate of drug-likeness (QED) is 0.122. The number of unbranched alkanes of at least 4 members (excludes halogenated alkanes) is 4. The monoisotopic (exact) mass is 594 g/mol. The van der Waals surface area contributed by atoms with E-state index >= 15 is 0 Å². The van der Waals surface area contributed by atoms with Gasteiger partial charge in [0.25, 0.3) is 0 Å². The molecule has 0 spiro atoms. The lowest BCUT2D eigenvalue weighted by molar-refractivity contribution is -0.268. The second-order valence-corrected chi connectivity index (χ2v) is 11.8. The van der Waals surface area contributed by atoms with Crippen LogP contribution in [0.3, 0.4) is 0 Å². The number of benzene rings is 2. The van der Waals surface area contributed by atoms with Gasteiger partial charge in [-0.15, -0.1) is 0 Å². The van der Waals surface area contributed by atoms with Crippen molar-refractivity contribution in [2.75, 3.05) is 33.0 Å². The summed E-state index contributed by atoms with van der Waals surface area (Å²) in [6.45, 7) is 11.9. The summed E-state index contributed by atoms with van der Waals surface area (Å²) in [4.78, 5) is 0. The average Bonchev–Trinajstić information content (AvgIpc) is 3.43. The van der Waals surface area contributed by atoms with E-state index in [9.17, 15) is 0 Å². The van der Waals surface area contributed by atoms with Crippen LogP contribution >= 0.6 is 0 Å². The fourth-order valence-corrected chi connectivity index (χ4v) is 5.61. The van der Waals surface area contributed by atoms with Gasteiger partial charge in [-0.2, -0.15) is 0 Å². The predicted octanol–water partition coefficient (Wildman–Crippen LogP) is 8.84. The van der Waals surface area contributed by atoms with Gasteiger partial charge in [-0.3, -0.25) is 0 Å². The number of ether oxygens (including phenoxy) is 5. The zero-order chi connectivity index (χ0) is 30.3. The molecule has 6 nitrogen and oxygen atoms in total. The Labute approximate surface area is 259 Å². The Morgan fingerprint density at radius 2 is 1.28 bits per heavy atom. The summed E-state index contributed by atoms with van der Waals surface area (Å²) in [6.07, 6.45) is 7.68. The molecule has 0 unspecified atom stereocenters. The maximum absolute atomic E-state index is 6.94. The minimum Gasteiger partial charge on any atom is -0.461 e. The van der Waals surface area contributed by atoms with Crippen LogP contribution in [0.2, 0.25) is 0 Å². The van der Waals surface area contributed by atoms with Crippen molar-refractivity contribution < 1.29 is 28.1 Å². The maximum atomic E-state index is 6.94. The minimum absolute atomic E-state index is 0.257. The van der Waals surface area contributed by atoms with E-state index in [4.69, 9.17) is 28.1 Å². The molecule has 0 aliphatic carbocycles. The van der Waals surface area contributed by atoms with Gasteiger partial charge in [0.1, 0.15) is 41.9 Å². The molecule has 238 valence electrons. The summed E-state index contributed by atoms with van der Waals surface area (Å²) in [5.41, 5.74) is 3.18. The van der Waals surface area contributed by atoms with E-state index in [1.54, 1.807) is 0 Å². The van der Waals surface area contributed by atoms with Crippen LogP contribution in [-0.4, -0.2) is 57.5 Å². The van der Waals surface area contributed by atoms with Crippen LogP contribution in [0.4, 0.5) is 0 Å².